The third-order valence-electron chi connectivity index (χ3n) is 1.98. The van der Waals surface area contributed by atoms with Crippen LogP contribution in [0.4, 0.5) is 5.69 Å². The summed E-state index contributed by atoms with van der Waals surface area (Å²) in [4.78, 5) is 15.4. The lowest BCUT2D eigenvalue weighted by molar-refractivity contribution is -0.119. The van der Waals surface area contributed by atoms with Crippen LogP contribution in [0.15, 0.2) is 18.3 Å². The van der Waals surface area contributed by atoms with Crippen molar-refractivity contribution >= 4 is 11.6 Å². The van der Waals surface area contributed by atoms with Gasteiger partial charge in [0.25, 0.3) is 0 Å². The molecular weight excluding hydrogens is 206 g/mol. The Kier molecular flexibility index (Phi) is 5.28. The molecule has 88 valence electrons. The summed E-state index contributed by atoms with van der Waals surface area (Å²) in [6.45, 7) is 3.23. The molecule has 1 aromatic heterocycles. The molecule has 5 nitrogen and oxygen atoms in total. The van der Waals surface area contributed by atoms with Crippen LogP contribution in [0.2, 0.25) is 0 Å². The molecule has 0 aliphatic rings. The van der Waals surface area contributed by atoms with E-state index in [0.29, 0.717) is 13.2 Å². The highest BCUT2D eigenvalue weighted by atomic mass is 16.5. The molecule has 0 bridgehead atoms. The second kappa shape index (κ2) is 6.79. The first kappa shape index (κ1) is 12.4. The van der Waals surface area contributed by atoms with Crippen LogP contribution in [0.3, 0.4) is 0 Å². The molecule has 0 spiro atoms. The largest absolute Gasteiger partial charge is 0.383 e. The number of aromatic nitrogens is 1. The Bertz CT molecular complexity index is 342. The van der Waals surface area contributed by atoms with Gasteiger partial charge < -0.3 is 15.4 Å². The highest BCUT2D eigenvalue weighted by molar-refractivity contribution is 5.80. The van der Waals surface area contributed by atoms with Crippen molar-refractivity contribution in [1.29, 1.82) is 0 Å². The van der Waals surface area contributed by atoms with Crippen molar-refractivity contribution in [3.05, 3.63) is 24.0 Å². The van der Waals surface area contributed by atoms with Gasteiger partial charge in [-0.3, -0.25) is 9.78 Å². The molecule has 0 saturated carbocycles. The molecular formula is C11H17N3O2. The van der Waals surface area contributed by atoms with E-state index in [2.05, 4.69) is 15.6 Å². The van der Waals surface area contributed by atoms with E-state index in [0.717, 1.165) is 11.4 Å². The lowest BCUT2D eigenvalue weighted by Crippen LogP contribution is -2.32. The molecule has 1 aromatic rings. The maximum atomic E-state index is 11.3. The molecule has 5 heteroatoms. The number of nitrogens with zero attached hydrogens (tertiary/aromatic N) is 1. The molecule has 0 unspecified atom stereocenters. The van der Waals surface area contributed by atoms with Gasteiger partial charge in [-0.15, -0.1) is 0 Å². The first-order valence-electron chi connectivity index (χ1n) is 5.14. The predicted octanol–water partition coefficient (Wildman–Crippen LogP) is 0.565. The second-order valence-corrected chi connectivity index (χ2v) is 3.38. The highest BCUT2D eigenvalue weighted by Crippen LogP contribution is 2.05. The Morgan fingerprint density at radius 1 is 1.56 bits per heavy atom. The zero-order valence-electron chi connectivity index (χ0n) is 9.62. The summed E-state index contributed by atoms with van der Waals surface area (Å²) in [5.41, 5.74) is 1.82. The van der Waals surface area contributed by atoms with Gasteiger partial charge >= 0.3 is 0 Å². The Morgan fingerprint density at radius 2 is 2.38 bits per heavy atom. The molecule has 0 saturated heterocycles. The van der Waals surface area contributed by atoms with Gasteiger partial charge in [-0.05, 0) is 19.1 Å². The van der Waals surface area contributed by atoms with Crippen LogP contribution in [0.1, 0.15) is 5.69 Å². The number of rotatable bonds is 6. The van der Waals surface area contributed by atoms with Crippen molar-refractivity contribution in [1.82, 2.24) is 10.3 Å². The summed E-state index contributed by atoms with van der Waals surface area (Å²) in [5, 5.41) is 5.75. The fourth-order valence-corrected chi connectivity index (χ4v) is 1.19. The number of ether oxygens (including phenoxy) is 1. The number of carbonyl (C=O) groups is 1. The highest BCUT2D eigenvalue weighted by Gasteiger charge is 2.00. The number of anilines is 1. The number of carbonyl (C=O) groups excluding carboxylic acids is 1. The fourth-order valence-electron chi connectivity index (χ4n) is 1.19. The molecule has 0 aliphatic carbocycles. The average molecular weight is 223 g/mol. The van der Waals surface area contributed by atoms with Gasteiger partial charge in [-0.25, -0.2) is 0 Å². The molecule has 16 heavy (non-hydrogen) atoms. The van der Waals surface area contributed by atoms with Crippen LogP contribution in [-0.2, 0) is 9.53 Å². The molecule has 0 aromatic carbocycles. The summed E-state index contributed by atoms with van der Waals surface area (Å²) < 4.78 is 4.83. The van der Waals surface area contributed by atoms with Crippen LogP contribution in [0, 0.1) is 6.92 Å². The fraction of sp³-hybridized carbons (Fsp3) is 0.455. The van der Waals surface area contributed by atoms with Gasteiger partial charge in [0.05, 0.1) is 13.2 Å². The van der Waals surface area contributed by atoms with E-state index in [1.807, 2.05) is 19.1 Å². The van der Waals surface area contributed by atoms with Crippen molar-refractivity contribution in [2.75, 3.05) is 32.1 Å². The molecule has 1 heterocycles. The van der Waals surface area contributed by atoms with Crippen molar-refractivity contribution in [2.45, 2.75) is 6.92 Å². The minimum atomic E-state index is -0.0495. The molecule has 1 amide bonds. The van der Waals surface area contributed by atoms with Crippen molar-refractivity contribution in [2.24, 2.45) is 0 Å². The third-order valence-corrected chi connectivity index (χ3v) is 1.98. The first-order valence-corrected chi connectivity index (χ1v) is 5.14. The standard InChI is InChI=1S/C11H17N3O2/c1-9-7-10(3-4-12-9)14-8-11(15)13-5-6-16-2/h3-4,7H,5-6,8H2,1-2H3,(H,12,14)(H,13,15). The Labute approximate surface area is 95.2 Å². The number of hydrogen-bond acceptors (Lipinski definition) is 4. The van der Waals surface area contributed by atoms with Crippen molar-refractivity contribution in [3.8, 4) is 0 Å². The number of pyridine rings is 1. The van der Waals surface area contributed by atoms with Gasteiger partial charge in [0.15, 0.2) is 0 Å². The summed E-state index contributed by atoms with van der Waals surface area (Å²) >= 11 is 0. The number of amides is 1. The zero-order chi connectivity index (χ0) is 11.8. The molecule has 0 aliphatic heterocycles. The quantitative estimate of drug-likeness (QED) is 0.692. The maximum Gasteiger partial charge on any atom is 0.239 e. The molecule has 0 fully saturated rings. The van der Waals surface area contributed by atoms with Crippen molar-refractivity contribution < 1.29 is 9.53 Å². The SMILES string of the molecule is COCCNC(=O)CNc1ccnc(C)c1. The van der Waals surface area contributed by atoms with E-state index >= 15 is 0 Å². The van der Waals surface area contributed by atoms with Crippen LogP contribution in [-0.4, -0.2) is 37.7 Å². The number of aryl methyl sites for hydroxylation is 1. The summed E-state index contributed by atoms with van der Waals surface area (Å²) in [6, 6.07) is 3.72. The third kappa shape index (κ3) is 4.75. The number of methoxy groups -OCH3 is 1. The van der Waals surface area contributed by atoms with Crippen LogP contribution >= 0.6 is 0 Å². The first-order chi connectivity index (χ1) is 7.72. The summed E-state index contributed by atoms with van der Waals surface area (Å²) in [5.74, 6) is -0.0495. The van der Waals surface area contributed by atoms with Gasteiger partial charge in [0.2, 0.25) is 5.91 Å². The van der Waals surface area contributed by atoms with Crippen LogP contribution in [0.5, 0.6) is 0 Å². The lowest BCUT2D eigenvalue weighted by Gasteiger charge is -2.07. The Morgan fingerprint density at radius 3 is 3.06 bits per heavy atom. The van der Waals surface area contributed by atoms with E-state index in [1.54, 1.807) is 13.3 Å². The molecule has 0 radical (unpaired) electrons. The van der Waals surface area contributed by atoms with E-state index < -0.39 is 0 Å². The molecule has 1 rings (SSSR count). The Balaban J connectivity index is 2.26. The van der Waals surface area contributed by atoms with Gasteiger partial charge in [0, 0.05) is 31.2 Å². The lowest BCUT2D eigenvalue weighted by atomic mass is 10.3. The van der Waals surface area contributed by atoms with E-state index in [1.165, 1.54) is 0 Å². The Hall–Kier alpha value is -1.62. The second-order valence-electron chi connectivity index (χ2n) is 3.38. The van der Waals surface area contributed by atoms with E-state index in [9.17, 15) is 4.79 Å². The van der Waals surface area contributed by atoms with Gasteiger partial charge in [-0.2, -0.15) is 0 Å². The zero-order valence-corrected chi connectivity index (χ0v) is 9.62. The van der Waals surface area contributed by atoms with E-state index in [4.69, 9.17) is 4.74 Å². The minimum Gasteiger partial charge on any atom is -0.383 e. The molecule has 0 atom stereocenters. The normalized spacial score (nSPS) is 9.88. The van der Waals surface area contributed by atoms with Crippen LogP contribution < -0.4 is 10.6 Å². The smallest absolute Gasteiger partial charge is 0.239 e. The van der Waals surface area contributed by atoms with Crippen molar-refractivity contribution in [3.63, 3.8) is 0 Å². The van der Waals surface area contributed by atoms with E-state index in [-0.39, 0.29) is 12.5 Å². The van der Waals surface area contributed by atoms with Gasteiger partial charge in [0.1, 0.15) is 0 Å². The average Bonchev–Trinajstić information content (AvgIpc) is 2.27. The number of nitrogens with one attached hydrogen (secondary N) is 2. The molecule has 2 N–H and O–H groups in total. The van der Waals surface area contributed by atoms with Gasteiger partial charge in [-0.1, -0.05) is 0 Å². The topological polar surface area (TPSA) is 63.2 Å². The monoisotopic (exact) mass is 223 g/mol. The maximum absolute atomic E-state index is 11.3. The summed E-state index contributed by atoms with van der Waals surface area (Å²) in [7, 11) is 1.60. The number of hydrogen-bond donors (Lipinski definition) is 2. The summed E-state index contributed by atoms with van der Waals surface area (Å²) in [6.07, 6.45) is 1.71. The minimum absolute atomic E-state index is 0.0495. The van der Waals surface area contributed by atoms with Crippen LogP contribution in [0.25, 0.3) is 0 Å². The predicted molar refractivity (Wildman–Crippen MR) is 62.3 cm³/mol.